The van der Waals surface area contributed by atoms with E-state index < -0.39 is 324 Å². The van der Waals surface area contributed by atoms with E-state index in [-0.39, 0.29) is 52.2 Å². The van der Waals surface area contributed by atoms with Crippen LogP contribution in [0.25, 0.3) is 11.1 Å². The number of ether oxygens (including phenoxy) is 12. The normalized spacial score (nSPS) is 34.3. The first kappa shape index (κ1) is 98.1. The van der Waals surface area contributed by atoms with Gasteiger partial charge in [0.05, 0.1) is 48.8 Å². The number of likely N-dealkylation sites (N-methyl/N-ethyl adjacent to an activating group) is 1. The molecular weight excluding hydrogens is 1810 g/mol. The zero-order chi connectivity index (χ0) is 96.9. The molecule has 5 fully saturated rings. The van der Waals surface area contributed by atoms with E-state index in [4.69, 9.17) is 84.9 Å². The van der Waals surface area contributed by atoms with E-state index in [1.165, 1.54) is 107 Å². The molecule has 17 rings (SSSR count). The zero-order valence-corrected chi connectivity index (χ0v) is 72.6. The number of phenolic OH excluding ortho intramolecular Hbond substituents is 4. The van der Waals surface area contributed by atoms with E-state index in [2.05, 4.69) is 30.3 Å². The minimum atomic E-state index is -2.44. The second-order valence-corrected chi connectivity index (χ2v) is 33.9. The summed E-state index contributed by atoms with van der Waals surface area (Å²) in [7, 11) is 1.38. The molecule has 11 bridgehead atoms. The van der Waals surface area contributed by atoms with Crippen molar-refractivity contribution in [2.75, 3.05) is 20.3 Å². The minimum Gasteiger partial charge on any atom is -0.508 e. The lowest BCUT2D eigenvalue weighted by Gasteiger charge is -2.44. The zero-order valence-electron chi connectivity index (χ0n) is 71.8. The van der Waals surface area contributed by atoms with E-state index in [1.54, 1.807) is 0 Å². The fraction of sp³-hybridized carbons (Fsp3) is 0.449. The van der Waals surface area contributed by atoms with Crippen LogP contribution in [0, 0.1) is 0 Å². The SMILES string of the molecule is CN[C@@H](C(O)=N[C@H]1C(O)=N[C@@H](c2ccc(O)cc2)C(O)=N[C@H]2C(O)=N[C@H]3C(O)=N[C@H](C(O)=N[C@@H](C(=O)O)c4cc(O)cc(O)c4-c4cc3ccc4O)[C@H](OC3CC(N)C(O)C(C)O3)c3ccc(c(Cl)c3)Oc3cc2cc(c3OC2OC(CO)C(O)C(O)C2OC2CC(N)C(O)C(C)O2)Oc2ccc(cc2)[C@H]1OC1OC(CO)C(O)C(O)C1O)c1ccc(OC2OC(C)C(O)C(O)C2O)cc1. The number of carboxylic acid groups (broad SMARTS) is 1. The topological polar surface area (TPSA) is 731 Å². The van der Waals surface area contributed by atoms with Crippen LogP contribution in [0.2, 0.25) is 5.02 Å². The number of nitrogens with two attached hydrogens (primary N) is 2. The molecule has 7 aromatic carbocycles. The van der Waals surface area contributed by atoms with E-state index >= 15 is 0 Å². The summed E-state index contributed by atoms with van der Waals surface area (Å²) in [6.45, 7) is 2.34. The molecule has 46 heteroatoms. The highest BCUT2D eigenvalue weighted by atomic mass is 35.5. The molecule has 0 saturated carbocycles. The highest BCUT2D eigenvalue weighted by Crippen LogP contribution is 2.52. The number of hydrogen-bond acceptors (Lipinski definition) is 38. The smallest absolute Gasteiger partial charge is 0.333 e. The molecule has 45 nitrogen and oxygen atoms in total. The lowest BCUT2D eigenvalue weighted by Crippen LogP contribution is -2.62. The molecule has 10 aliphatic heterocycles. The average molecular weight is 1910 g/mol. The number of rotatable bonds is 18. The highest BCUT2D eigenvalue weighted by molar-refractivity contribution is 6.32. The summed E-state index contributed by atoms with van der Waals surface area (Å²) in [6, 6.07) is 8.07. The molecule has 0 radical (unpaired) electrons. The standard InChI is InChI=1S/C89H102ClN9O36/c1-31-66(106)47(91)27-56(124-31)132-77-38-12-20-51(46(90)22-38)129-53-24-39-23-52(78(53)135-89-79(73(113)70(110)55(30-101)131-89)133-57-28-48(92)67(107)32(2)125-57)127-42-17-9-36(10-18-42)76(134-88-75(115)72(112)69(109)54(29-100)130-88)64(98-80(116)59(93-4)34-7-15-43(16-8-34)128-87-74(114)71(111)68(108)33(3)126-87)84(120)94-60(35-5-13-40(102)14-6-35)81(117)96-62(39)83(119)95-61-37-11-19-49(104)44(21-37)58-45(25-41(103)26-50(58)105)63(86(122)123)97-85(121)65(77)99-82(61)118/h5-26,31-33,47-48,54-57,59-77,79,87-89,93,100-115H,27-30,91-92H2,1-4H3,(H,94,120)(H,95,119)(H,96,117)(H,97,121)(H,98,116)(H,99,118)(H,122,123)/t31?,32?,33?,47?,48?,54?,55?,56?,57?,59-,60+,61-,62-,63-,64-,65+,66?,67?,68?,69?,70?,71?,72?,73?,74?,75?,76-,77-,79?,87?,88?,89?/m1/s1. The van der Waals surface area contributed by atoms with E-state index in [9.17, 15) is 122 Å². The number of nitrogens with zero attached hydrogens (tertiary/aromatic N) is 6. The number of aliphatic hydroxyl groups is 18. The Bertz CT molecular complexity index is 5590. The van der Waals surface area contributed by atoms with Crippen LogP contribution < -0.4 is 35.7 Å². The monoisotopic (exact) mass is 1910 g/mol. The van der Waals surface area contributed by atoms with Crippen LogP contribution in [0.1, 0.15) is 115 Å². The van der Waals surface area contributed by atoms with Crippen molar-refractivity contribution in [1.29, 1.82) is 0 Å². The van der Waals surface area contributed by atoms with Gasteiger partial charge in [0.15, 0.2) is 72.7 Å². The first-order valence-electron chi connectivity index (χ1n) is 42.6. The summed E-state index contributed by atoms with van der Waals surface area (Å²) in [5, 5.41) is 273. The molecule has 28 N–H and O–H groups in total. The molecular formula is C89H102ClN9O36. The Morgan fingerprint density at radius 3 is 1.64 bits per heavy atom. The summed E-state index contributed by atoms with van der Waals surface area (Å²) >= 11 is 7.46. The first-order valence-corrected chi connectivity index (χ1v) is 43.0. The van der Waals surface area contributed by atoms with Crippen LogP contribution in [0.15, 0.2) is 163 Å². The van der Waals surface area contributed by atoms with E-state index in [0.717, 1.165) is 54.6 Å². The summed E-state index contributed by atoms with van der Waals surface area (Å²) in [5.41, 5.74) is 9.96. The van der Waals surface area contributed by atoms with Gasteiger partial charge in [-0.2, -0.15) is 0 Å². The number of aliphatic hydroxyl groups excluding tert-OH is 18. The number of phenols is 4. The number of fused-ring (bicyclic) bond motifs is 12. The van der Waals surface area contributed by atoms with Gasteiger partial charge in [0.25, 0.3) is 0 Å². The Labute approximate surface area is 771 Å². The molecule has 726 valence electrons. The highest BCUT2D eigenvalue weighted by Gasteiger charge is 2.52. The van der Waals surface area contributed by atoms with Gasteiger partial charge in [0, 0.05) is 47.7 Å². The summed E-state index contributed by atoms with van der Waals surface area (Å²) in [5.74, 6) is -14.8. The van der Waals surface area contributed by atoms with Crippen LogP contribution in [0.5, 0.6) is 57.5 Å². The van der Waals surface area contributed by atoms with Crippen molar-refractivity contribution < 1.29 is 179 Å². The molecule has 0 aliphatic carbocycles. The third kappa shape index (κ3) is 20.5. The van der Waals surface area contributed by atoms with Crippen molar-refractivity contribution >= 4 is 53.0 Å². The van der Waals surface area contributed by atoms with Gasteiger partial charge >= 0.3 is 5.97 Å². The maximum absolute atomic E-state index is 13.8. The van der Waals surface area contributed by atoms with Gasteiger partial charge in [0.1, 0.15) is 120 Å². The third-order valence-corrected chi connectivity index (χ3v) is 24.6. The van der Waals surface area contributed by atoms with Gasteiger partial charge in [-0.05, 0) is 140 Å². The Kier molecular flexibility index (Phi) is 29.7. The number of nitrogens with one attached hydrogen (secondary N) is 1. The fourth-order valence-corrected chi connectivity index (χ4v) is 17.1. The van der Waals surface area contributed by atoms with Gasteiger partial charge in [-0.15, -0.1) is 0 Å². The van der Waals surface area contributed by atoms with Crippen molar-refractivity contribution in [2.24, 2.45) is 41.4 Å². The summed E-state index contributed by atoms with van der Waals surface area (Å²) in [6.07, 6.45) is -39.8. The molecule has 5 saturated heterocycles. The van der Waals surface area contributed by atoms with Crippen molar-refractivity contribution in [3.8, 4) is 68.6 Å². The predicted molar refractivity (Wildman–Crippen MR) is 468 cm³/mol. The predicted octanol–water partition coefficient (Wildman–Crippen LogP) is 2.51. The summed E-state index contributed by atoms with van der Waals surface area (Å²) < 4.78 is 76.3. The van der Waals surface area contributed by atoms with Crippen molar-refractivity contribution in [3.05, 3.63) is 177 Å². The Morgan fingerprint density at radius 1 is 0.481 bits per heavy atom. The van der Waals surface area contributed by atoms with Crippen LogP contribution in [0.3, 0.4) is 0 Å². The van der Waals surface area contributed by atoms with Crippen LogP contribution in [0.4, 0.5) is 0 Å². The second-order valence-electron chi connectivity index (χ2n) is 33.5. The minimum absolute atomic E-state index is 0.0256. The number of aliphatic imine (C=N–C) groups is 6. The number of aliphatic carboxylic acids is 1. The van der Waals surface area contributed by atoms with E-state index in [1.807, 2.05) is 0 Å². The van der Waals surface area contributed by atoms with Gasteiger partial charge in [-0.1, -0.05) is 60.1 Å². The molecule has 32 atom stereocenters. The molecule has 0 amide bonds. The van der Waals surface area contributed by atoms with Crippen LogP contribution >= 0.6 is 11.6 Å². The lowest BCUT2D eigenvalue weighted by atomic mass is 9.90. The van der Waals surface area contributed by atoms with Crippen molar-refractivity contribution in [2.45, 2.75) is 229 Å². The van der Waals surface area contributed by atoms with Gasteiger partial charge < -0.3 is 191 Å². The fourth-order valence-electron chi connectivity index (χ4n) is 16.9. The van der Waals surface area contributed by atoms with Gasteiger partial charge in [0.2, 0.25) is 53.7 Å². The van der Waals surface area contributed by atoms with Crippen LogP contribution in [-0.2, 0) is 42.7 Å². The number of carbonyl (C=O) groups is 1. The third-order valence-electron chi connectivity index (χ3n) is 24.3. The first-order chi connectivity index (χ1) is 64.3. The molecule has 10 heterocycles. The molecule has 10 aliphatic rings. The maximum Gasteiger partial charge on any atom is 0.333 e. The van der Waals surface area contributed by atoms with Crippen LogP contribution in [-0.4, -0.2) is 332 Å². The molecule has 23 unspecified atom stereocenters. The molecule has 0 spiro atoms. The lowest BCUT2D eigenvalue weighted by molar-refractivity contribution is -0.330. The van der Waals surface area contributed by atoms with Gasteiger partial charge in [-0.3, -0.25) is 0 Å². The number of aromatic hydroxyl groups is 4. The molecule has 135 heavy (non-hydrogen) atoms. The molecule has 7 aromatic rings. The second kappa shape index (κ2) is 40.9. The Hall–Kier alpha value is -11.4. The summed E-state index contributed by atoms with van der Waals surface area (Å²) in [4.78, 5) is 41.4. The quantitative estimate of drug-likeness (QED) is 0.0433. The average Bonchev–Trinajstić information content (AvgIpc) is 0.771. The Morgan fingerprint density at radius 2 is 1.03 bits per heavy atom. The Balaban J connectivity index is 1.00. The maximum atomic E-state index is 13.8. The van der Waals surface area contributed by atoms with Crippen molar-refractivity contribution in [1.82, 2.24) is 5.32 Å². The number of benzene rings is 7. The number of carboxylic acids is 1. The van der Waals surface area contributed by atoms with Crippen molar-refractivity contribution in [3.63, 3.8) is 0 Å². The van der Waals surface area contributed by atoms with E-state index in [0.29, 0.717) is 0 Å². The largest absolute Gasteiger partial charge is 0.508 e. The van der Waals surface area contributed by atoms with Gasteiger partial charge in [-0.25, -0.2) is 34.7 Å². The molecule has 0 aromatic heterocycles. The number of hydrogen-bond donors (Lipinski definition) is 26. The number of halogens is 1.